The molecule has 0 unspecified atom stereocenters. The third-order valence-electron chi connectivity index (χ3n) is 1.43. The van der Waals surface area contributed by atoms with E-state index in [1.165, 1.54) is 0 Å². The number of carbonyl (C=O) groups is 1. The van der Waals surface area contributed by atoms with Crippen LogP contribution in [0.15, 0.2) is 6.07 Å². The highest BCUT2D eigenvalue weighted by Gasteiger charge is 2.15. The molecule has 3 nitrogen and oxygen atoms in total. The van der Waals surface area contributed by atoms with Gasteiger partial charge in [0.25, 0.3) is 6.43 Å². The molecular weight excluding hydrogens is 202 g/mol. The number of hydrogen-bond acceptors (Lipinski definition) is 3. The molecule has 0 saturated heterocycles. The molecule has 0 aliphatic rings. The quantitative estimate of drug-likeness (QED) is 0.595. The van der Waals surface area contributed by atoms with Crippen molar-refractivity contribution < 1.29 is 13.6 Å². The number of nitrogens with two attached hydrogens (primary N) is 1. The van der Waals surface area contributed by atoms with Crippen molar-refractivity contribution in [2.24, 2.45) is 0 Å². The van der Waals surface area contributed by atoms with Crippen LogP contribution in [0.3, 0.4) is 0 Å². The number of nitrogens with zero attached hydrogens (tertiary/aromatic N) is 1. The molecular formula is C7H5ClF2N2O. The van der Waals surface area contributed by atoms with Gasteiger partial charge >= 0.3 is 0 Å². The first kappa shape index (κ1) is 9.85. The molecule has 1 rings (SSSR count). The SMILES string of the molecule is Nc1nc(Cl)c(C(F)F)cc1C=O. The van der Waals surface area contributed by atoms with Crippen LogP contribution < -0.4 is 5.73 Å². The lowest BCUT2D eigenvalue weighted by Gasteiger charge is -2.04. The minimum Gasteiger partial charge on any atom is -0.383 e. The normalized spacial score (nSPS) is 10.5. The average molecular weight is 207 g/mol. The summed E-state index contributed by atoms with van der Waals surface area (Å²) in [5, 5.41) is -0.377. The van der Waals surface area contributed by atoms with E-state index in [0.29, 0.717) is 6.29 Å². The number of hydrogen-bond donors (Lipinski definition) is 1. The standard InChI is InChI=1S/C7H5ClF2N2O/c8-5-4(6(9)10)1-3(2-13)7(11)12-5/h1-2,6H,(H2,11,12). The second-order valence-electron chi connectivity index (χ2n) is 2.26. The van der Waals surface area contributed by atoms with Gasteiger partial charge < -0.3 is 5.73 Å². The van der Waals surface area contributed by atoms with E-state index in [-0.39, 0.29) is 16.5 Å². The van der Waals surface area contributed by atoms with Gasteiger partial charge in [-0.2, -0.15) is 0 Å². The zero-order valence-corrected chi connectivity index (χ0v) is 7.05. The van der Waals surface area contributed by atoms with Crippen molar-refractivity contribution in [1.82, 2.24) is 4.98 Å². The summed E-state index contributed by atoms with van der Waals surface area (Å²) in [5.41, 5.74) is 4.66. The Kier molecular flexibility index (Phi) is 2.77. The van der Waals surface area contributed by atoms with Crippen LogP contribution in [0, 0.1) is 0 Å². The topological polar surface area (TPSA) is 56.0 Å². The fraction of sp³-hybridized carbons (Fsp3) is 0.143. The Bertz CT molecular complexity index is 344. The molecule has 6 heteroatoms. The molecule has 0 aromatic carbocycles. The Balaban J connectivity index is 3.30. The number of aldehydes is 1. The van der Waals surface area contributed by atoms with Gasteiger partial charge in [0.15, 0.2) is 6.29 Å². The van der Waals surface area contributed by atoms with E-state index in [9.17, 15) is 13.6 Å². The van der Waals surface area contributed by atoms with Gasteiger partial charge in [-0.3, -0.25) is 4.79 Å². The molecule has 2 N–H and O–H groups in total. The van der Waals surface area contributed by atoms with Gasteiger partial charge in [0, 0.05) is 0 Å². The third-order valence-corrected chi connectivity index (χ3v) is 1.73. The van der Waals surface area contributed by atoms with Crippen LogP contribution in [0.4, 0.5) is 14.6 Å². The van der Waals surface area contributed by atoms with Crippen LogP contribution in [0.25, 0.3) is 0 Å². The zero-order valence-electron chi connectivity index (χ0n) is 6.30. The summed E-state index contributed by atoms with van der Waals surface area (Å²) in [6.45, 7) is 0. The highest BCUT2D eigenvalue weighted by molar-refractivity contribution is 6.30. The molecule has 1 aromatic rings. The number of anilines is 1. The molecule has 1 aromatic heterocycles. The van der Waals surface area contributed by atoms with Crippen molar-refractivity contribution in [1.29, 1.82) is 0 Å². The average Bonchev–Trinajstić information content (AvgIpc) is 2.03. The van der Waals surface area contributed by atoms with Crippen LogP contribution in [0.5, 0.6) is 0 Å². The minimum atomic E-state index is -2.76. The van der Waals surface area contributed by atoms with Gasteiger partial charge in [0.2, 0.25) is 0 Å². The van der Waals surface area contributed by atoms with Gasteiger partial charge in [-0.05, 0) is 6.07 Å². The smallest absolute Gasteiger partial charge is 0.266 e. The van der Waals surface area contributed by atoms with Gasteiger partial charge in [0.05, 0.1) is 11.1 Å². The van der Waals surface area contributed by atoms with Crippen LogP contribution in [0.2, 0.25) is 5.15 Å². The van der Waals surface area contributed by atoms with Crippen molar-refractivity contribution in [3.05, 3.63) is 22.3 Å². The maximum atomic E-state index is 12.2. The van der Waals surface area contributed by atoms with Gasteiger partial charge in [-0.25, -0.2) is 13.8 Å². The monoisotopic (exact) mass is 206 g/mol. The molecule has 0 atom stereocenters. The van der Waals surface area contributed by atoms with Crippen molar-refractivity contribution in [3.8, 4) is 0 Å². The first-order valence-corrected chi connectivity index (χ1v) is 3.63. The van der Waals surface area contributed by atoms with Gasteiger partial charge in [0.1, 0.15) is 11.0 Å². The Morgan fingerprint density at radius 2 is 2.23 bits per heavy atom. The van der Waals surface area contributed by atoms with E-state index in [4.69, 9.17) is 17.3 Å². The lowest BCUT2D eigenvalue weighted by atomic mass is 10.2. The first-order chi connectivity index (χ1) is 6.06. The van der Waals surface area contributed by atoms with Crippen molar-refractivity contribution in [2.45, 2.75) is 6.43 Å². The van der Waals surface area contributed by atoms with E-state index in [1.54, 1.807) is 0 Å². The fourth-order valence-corrected chi connectivity index (χ4v) is 1.01. The van der Waals surface area contributed by atoms with Crippen molar-refractivity contribution in [2.75, 3.05) is 5.73 Å². The Morgan fingerprint density at radius 1 is 1.62 bits per heavy atom. The van der Waals surface area contributed by atoms with E-state index >= 15 is 0 Å². The number of rotatable bonds is 2. The predicted molar refractivity (Wildman–Crippen MR) is 44.0 cm³/mol. The fourth-order valence-electron chi connectivity index (χ4n) is 0.783. The van der Waals surface area contributed by atoms with E-state index in [1.807, 2.05) is 0 Å². The number of alkyl halides is 2. The molecule has 1 heterocycles. The molecule has 0 spiro atoms. The van der Waals surface area contributed by atoms with Gasteiger partial charge in [-0.15, -0.1) is 0 Å². The molecule has 0 fully saturated rings. The van der Waals surface area contributed by atoms with Gasteiger partial charge in [-0.1, -0.05) is 11.6 Å². The molecule has 0 bridgehead atoms. The summed E-state index contributed by atoms with van der Waals surface area (Å²) < 4.78 is 24.4. The second kappa shape index (κ2) is 3.66. The number of nitrogen functional groups attached to an aromatic ring is 1. The van der Waals surface area contributed by atoms with Crippen molar-refractivity contribution in [3.63, 3.8) is 0 Å². The summed E-state index contributed by atoms with van der Waals surface area (Å²) in [4.78, 5) is 13.7. The lowest BCUT2D eigenvalue weighted by Crippen LogP contribution is -2.00. The third kappa shape index (κ3) is 1.92. The maximum absolute atomic E-state index is 12.2. The maximum Gasteiger partial charge on any atom is 0.266 e. The Morgan fingerprint density at radius 3 is 2.69 bits per heavy atom. The highest BCUT2D eigenvalue weighted by Crippen LogP contribution is 2.27. The van der Waals surface area contributed by atoms with E-state index in [2.05, 4.69) is 4.98 Å². The van der Waals surface area contributed by atoms with Crippen molar-refractivity contribution >= 4 is 23.7 Å². The summed E-state index contributed by atoms with van der Waals surface area (Å²) in [6.07, 6.45) is -2.41. The second-order valence-corrected chi connectivity index (χ2v) is 2.62. The first-order valence-electron chi connectivity index (χ1n) is 3.25. The lowest BCUT2D eigenvalue weighted by molar-refractivity contribution is 0.112. The number of halogens is 3. The number of carbonyl (C=O) groups excluding carboxylic acids is 1. The molecule has 0 aliphatic heterocycles. The van der Waals surface area contributed by atoms with E-state index in [0.717, 1.165) is 6.07 Å². The van der Waals surface area contributed by atoms with Crippen LogP contribution in [-0.2, 0) is 0 Å². The summed E-state index contributed by atoms with van der Waals surface area (Å²) in [6, 6.07) is 0.933. The minimum absolute atomic E-state index is 0.0836. The summed E-state index contributed by atoms with van der Waals surface area (Å²) in [5.74, 6) is -0.149. The van der Waals surface area contributed by atoms with E-state index < -0.39 is 12.0 Å². The zero-order chi connectivity index (χ0) is 10.0. The molecule has 70 valence electrons. The number of aromatic nitrogens is 1. The van der Waals surface area contributed by atoms with Crippen LogP contribution in [-0.4, -0.2) is 11.3 Å². The molecule has 0 amide bonds. The molecule has 0 aliphatic carbocycles. The molecule has 13 heavy (non-hydrogen) atoms. The molecule has 0 saturated carbocycles. The summed E-state index contributed by atoms with van der Waals surface area (Å²) >= 11 is 5.37. The molecule has 0 radical (unpaired) electrons. The Labute approximate surface area is 77.5 Å². The largest absolute Gasteiger partial charge is 0.383 e. The predicted octanol–water partition coefficient (Wildman–Crippen LogP) is 2.07. The Hall–Kier alpha value is -1.23. The van der Waals surface area contributed by atoms with Crippen LogP contribution >= 0.6 is 11.6 Å². The highest BCUT2D eigenvalue weighted by atomic mass is 35.5. The summed E-state index contributed by atoms with van der Waals surface area (Å²) in [7, 11) is 0. The van der Waals surface area contributed by atoms with Crippen LogP contribution in [0.1, 0.15) is 22.3 Å². The number of pyridine rings is 1.